The molecule has 0 saturated carbocycles. The first-order valence-electron chi connectivity index (χ1n) is 7.97. The highest BCUT2D eigenvalue weighted by Crippen LogP contribution is 2.32. The molecule has 0 radical (unpaired) electrons. The SMILES string of the molecule is COc1ccc(C=C2C=C(c3ccc(C)cc3C)OC2=O)cc1OC. The number of carbonyl (C=O) groups excluding carboxylic acids is 1. The van der Waals surface area contributed by atoms with Crippen molar-refractivity contribution in [3.05, 3.63) is 70.3 Å². The first kappa shape index (κ1) is 16.8. The largest absolute Gasteiger partial charge is 0.493 e. The molecule has 0 aromatic heterocycles. The average molecular weight is 336 g/mol. The van der Waals surface area contributed by atoms with Crippen LogP contribution < -0.4 is 9.47 Å². The van der Waals surface area contributed by atoms with E-state index in [0.717, 1.165) is 16.7 Å². The van der Waals surface area contributed by atoms with Crippen LogP contribution in [-0.4, -0.2) is 20.2 Å². The minimum absolute atomic E-state index is 0.357. The lowest BCUT2D eigenvalue weighted by atomic mass is 10.0. The molecular weight excluding hydrogens is 316 g/mol. The average Bonchev–Trinajstić information content (AvgIpc) is 2.95. The van der Waals surface area contributed by atoms with Crippen LogP contribution in [-0.2, 0) is 9.53 Å². The Balaban J connectivity index is 1.96. The standard InChI is InChI=1S/C21H20O4/c1-13-5-7-17(14(2)9-13)19-12-16(21(22)25-19)10-15-6-8-18(23-3)20(11-15)24-4/h5-12H,1-4H3. The number of aryl methyl sites for hydroxylation is 2. The van der Waals surface area contributed by atoms with E-state index in [1.165, 1.54) is 5.56 Å². The van der Waals surface area contributed by atoms with Crippen LogP contribution in [0.4, 0.5) is 0 Å². The van der Waals surface area contributed by atoms with Gasteiger partial charge in [-0.15, -0.1) is 0 Å². The molecule has 1 aliphatic rings. The molecule has 2 aromatic carbocycles. The van der Waals surface area contributed by atoms with Gasteiger partial charge in [-0.3, -0.25) is 0 Å². The van der Waals surface area contributed by atoms with Crippen LogP contribution in [0, 0.1) is 13.8 Å². The van der Waals surface area contributed by atoms with Gasteiger partial charge in [-0.1, -0.05) is 29.8 Å². The molecule has 4 nitrogen and oxygen atoms in total. The van der Waals surface area contributed by atoms with E-state index < -0.39 is 0 Å². The molecule has 0 amide bonds. The summed E-state index contributed by atoms with van der Waals surface area (Å²) in [5.41, 5.74) is 4.51. The molecule has 1 aliphatic heterocycles. The normalized spacial score (nSPS) is 15.1. The van der Waals surface area contributed by atoms with E-state index in [2.05, 4.69) is 6.07 Å². The first-order valence-corrected chi connectivity index (χ1v) is 7.97. The third-order valence-corrected chi connectivity index (χ3v) is 4.10. The molecule has 128 valence electrons. The van der Waals surface area contributed by atoms with Crippen molar-refractivity contribution >= 4 is 17.8 Å². The smallest absolute Gasteiger partial charge is 0.343 e. The first-order chi connectivity index (χ1) is 12.0. The summed E-state index contributed by atoms with van der Waals surface area (Å²) in [6.07, 6.45) is 3.55. The maximum absolute atomic E-state index is 12.2. The zero-order valence-corrected chi connectivity index (χ0v) is 14.8. The summed E-state index contributed by atoms with van der Waals surface area (Å²) in [6, 6.07) is 11.5. The minimum atomic E-state index is -0.357. The van der Waals surface area contributed by atoms with Crippen LogP contribution in [0.25, 0.3) is 11.8 Å². The number of methoxy groups -OCH3 is 2. The fourth-order valence-electron chi connectivity index (χ4n) is 2.83. The third kappa shape index (κ3) is 3.43. The molecular formula is C21H20O4. The summed E-state index contributed by atoms with van der Waals surface area (Å²) in [5, 5.41) is 0. The topological polar surface area (TPSA) is 44.8 Å². The van der Waals surface area contributed by atoms with Crippen LogP contribution in [0.2, 0.25) is 0 Å². The highest BCUT2D eigenvalue weighted by molar-refractivity contribution is 6.05. The summed E-state index contributed by atoms with van der Waals surface area (Å²) in [6.45, 7) is 4.04. The number of esters is 1. The Morgan fingerprint density at radius 2 is 1.72 bits per heavy atom. The van der Waals surface area contributed by atoms with E-state index in [4.69, 9.17) is 14.2 Å². The van der Waals surface area contributed by atoms with Crippen molar-refractivity contribution in [1.82, 2.24) is 0 Å². The maximum atomic E-state index is 12.2. The van der Waals surface area contributed by atoms with Gasteiger partial charge in [0.2, 0.25) is 0 Å². The van der Waals surface area contributed by atoms with Crippen molar-refractivity contribution in [1.29, 1.82) is 0 Å². The van der Waals surface area contributed by atoms with E-state index in [-0.39, 0.29) is 5.97 Å². The van der Waals surface area contributed by atoms with Crippen LogP contribution in [0.15, 0.2) is 48.0 Å². The molecule has 1 heterocycles. The number of cyclic esters (lactones) is 1. The van der Waals surface area contributed by atoms with Gasteiger partial charge in [0.25, 0.3) is 0 Å². The predicted molar refractivity (Wildman–Crippen MR) is 97.5 cm³/mol. The Hall–Kier alpha value is -3.01. The molecule has 0 fully saturated rings. The lowest BCUT2D eigenvalue weighted by molar-refractivity contribution is -0.130. The van der Waals surface area contributed by atoms with Gasteiger partial charge >= 0.3 is 5.97 Å². The Bertz CT molecular complexity index is 891. The van der Waals surface area contributed by atoms with Crippen molar-refractivity contribution in [2.75, 3.05) is 14.2 Å². The Kier molecular flexibility index (Phi) is 4.61. The maximum Gasteiger partial charge on any atom is 0.343 e. The molecule has 0 saturated heterocycles. The second-order valence-corrected chi connectivity index (χ2v) is 5.93. The fourth-order valence-corrected chi connectivity index (χ4v) is 2.83. The van der Waals surface area contributed by atoms with E-state index in [0.29, 0.717) is 22.8 Å². The molecule has 4 heteroatoms. The molecule has 25 heavy (non-hydrogen) atoms. The number of carbonyl (C=O) groups is 1. The van der Waals surface area contributed by atoms with Gasteiger partial charge in [0, 0.05) is 5.56 Å². The van der Waals surface area contributed by atoms with Crippen LogP contribution in [0.3, 0.4) is 0 Å². The summed E-state index contributed by atoms with van der Waals surface area (Å²) >= 11 is 0. The lowest BCUT2D eigenvalue weighted by Crippen LogP contribution is -1.98. The monoisotopic (exact) mass is 336 g/mol. The van der Waals surface area contributed by atoms with Crippen LogP contribution >= 0.6 is 0 Å². The summed E-state index contributed by atoms with van der Waals surface area (Å²) in [5.74, 6) is 1.48. The molecule has 3 rings (SSSR count). The molecule has 2 aromatic rings. The van der Waals surface area contributed by atoms with E-state index in [1.807, 2.05) is 38.1 Å². The van der Waals surface area contributed by atoms with Gasteiger partial charge in [0.1, 0.15) is 5.76 Å². The van der Waals surface area contributed by atoms with Crippen LogP contribution in [0.5, 0.6) is 11.5 Å². The van der Waals surface area contributed by atoms with Crippen LogP contribution in [0.1, 0.15) is 22.3 Å². The van der Waals surface area contributed by atoms with Gasteiger partial charge in [-0.25, -0.2) is 4.79 Å². The number of benzene rings is 2. The molecule has 0 unspecified atom stereocenters. The van der Waals surface area contributed by atoms with Gasteiger partial charge in [-0.05, 0) is 49.3 Å². The van der Waals surface area contributed by atoms with E-state index >= 15 is 0 Å². The van der Waals surface area contributed by atoms with Crippen molar-refractivity contribution in [2.24, 2.45) is 0 Å². The van der Waals surface area contributed by atoms with E-state index in [9.17, 15) is 4.79 Å². The Morgan fingerprint density at radius 3 is 2.40 bits per heavy atom. The molecule has 0 aliphatic carbocycles. The molecule has 0 bridgehead atoms. The number of hydrogen-bond acceptors (Lipinski definition) is 4. The van der Waals surface area contributed by atoms with Gasteiger partial charge in [0.15, 0.2) is 11.5 Å². The third-order valence-electron chi connectivity index (χ3n) is 4.10. The minimum Gasteiger partial charge on any atom is -0.493 e. The lowest BCUT2D eigenvalue weighted by Gasteiger charge is -2.07. The second-order valence-electron chi connectivity index (χ2n) is 5.93. The highest BCUT2D eigenvalue weighted by Gasteiger charge is 2.23. The number of rotatable bonds is 4. The molecule has 0 N–H and O–H groups in total. The Labute approximate surface area is 147 Å². The number of ether oxygens (including phenoxy) is 3. The molecule has 0 atom stereocenters. The fraction of sp³-hybridized carbons (Fsp3) is 0.190. The van der Waals surface area contributed by atoms with Gasteiger partial charge in [-0.2, -0.15) is 0 Å². The van der Waals surface area contributed by atoms with Crippen molar-refractivity contribution < 1.29 is 19.0 Å². The van der Waals surface area contributed by atoms with E-state index in [1.54, 1.807) is 32.4 Å². The summed E-state index contributed by atoms with van der Waals surface area (Å²) < 4.78 is 16.0. The zero-order valence-electron chi connectivity index (χ0n) is 14.8. The Morgan fingerprint density at radius 1 is 0.960 bits per heavy atom. The number of hydrogen-bond donors (Lipinski definition) is 0. The van der Waals surface area contributed by atoms with Crippen molar-refractivity contribution in [2.45, 2.75) is 13.8 Å². The summed E-state index contributed by atoms with van der Waals surface area (Å²) in [7, 11) is 3.17. The second kappa shape index (κ2) is 6.85. The van der Waals surface area contributed by atoms with Crippen molar-refractivity contribution in [3.8, 4) is 11.5 Å². The zero-order chi connectivity index (χ0) is 18.0. The van der Waals surface area contributed by atoms with Gasteiger partial charge in [0.05, 0.1) is 19.8 Å². The molecule has 0 spiro atoms. The highest BCUT2D eigenvalue weighted by atomic mass is 16.5. The summed E-state index contributed by atoms with van der Waals surface area (Å²) in [4.78, 5) is 12.2. The quantitative estimate of drug-likeness (QED) is 0.617. The van der Waals surface area contributed by atoms with Gasteiger partial charge < -0.3 is 14.2 Å². The van der Waals surface area contributed by atoms with Crippen molar-refractivity contribution in [3.63, 3.8) is 0 Å². The predicted octanol–water partition coefficient (Wildman–Crippen LogP) is 4.30.